The maximum Gasteiger partial charge on any atom is 0.161 e. The Morgan fingerprint density at radius 3 is 2.29 bits per heavy atom. The second-order valence-corrected chi connectivity index (χ2v) is 4.80. The van der Waals surface area contributed by atoms with Gasteiger partial charge in [0.25, 0.3) is 0 Å². The van der Waals surface area contributed by atoms with Crippen molar-refractivity contribution in [2.45, 2.75) is 6.04 Å². The van der Waals surface area contributed by atoms with Crippen LogP contribution in [0.1, 0.15) is 17.2 Å². The van der Waals surface area contributed by atoms with Crippen molar-refractivity contribution in [3.8, 4) is 11.5 Å². The summed E-state index contributed by atoms with van der Waals surface area (Å²) in [4.78, 5) is 0. The normalized spacial score (nSPS) is 14.8. The number of halogens is 2. The van der Waals surface area contributed by atoms with Gasteiger partial charge in [-0.1, -0.05) is 12.1 Å². The number of nitrogens with one attached hydrogen (secondary N) is 1. The molecule has 0 spiro atoms. The van der Waals surface area contributed by atoms with Gasteiger partial charge in [0.2, 0.25) is 0 Å². The van der Waals surface area contributed by atoms with Gasteiger partial charge in [-0.05, 0) is 42.4 Å². The molecule has 0 radical (unpaired) electrons. The SMILES string of the molecule is CNC(c1ccc(F)c(F)c1)c1ccc2c(c1)OCCO2. The molecule has 0 saturated heterocycles. The molecule has 3 rings (SSSR count). The first-order valence-electron chi connectivity index (χ1n) is 6.71. The average Bonchev–Trinajstić information content (AvgIpc) is 2.51. The van der Waals surface area contributed by atoms with Crippen LogP contribution >= 0.6 is 0 Å². The third-order valence-electron chi connectivity index (χ3n) is 3.47. The summed E-state index contributed by atoms with van der Waals surface area (Å²) in [5.74, 6) is -0.340. The van der Waals surface area contributed by atoms with Gasteiger partial charge in [0.05, 0.1) is 6.04 Å². The van der Waals surface area contributed by atoms with Crippen molar-refractivity contribution in [2.24, 2.45) is 0 Å². The van der Waals surface area contributed by atoms with E-state index >= 15 is 0 Å². The van der Waals surface area contributed by atoms with Crippen molar-refractivity contribution in [1.29, 1.82) is 0 Å². The molecule has 110 valence electrons. The largest absolute Gasteiger partial charge is 0.486 e. The van der Waals surface area contributed by atoms with Crippen LogP contribution in [0, 0.1) is 11.6 Å². The number of hydrogen-bond acceptors (Lipinski definition) is 3. The molecular weight excluding hydrogens is 276 g/mol. The smallest absolute Gasteiger partial charge is 0.161 e. The fraction of sp³-hybridized carbons (Fsp3) is 0.250. The van der Waals surface area contributed by atoms with Crippen molar-refractivity contribution in [2.75, 3.05) is 20.3 Å². The first-order valence-corrected chi connectivity index (χ1v) is 6.71. The standard InChI is InChI=1S/C16H15F2NO2/c1-19-16(10-2-4-12(17)13(18)8-10)11-3-5-14-15(9-11)21-7-6-20-14/h2-5,8-9,16,19H,6-7H2,1H3. The van der Waals surface area contributed by atoms with E-state index in [2.05, 4.69) is 5.32 Å². The lowest BCUT2D eigenvalue weighted by atomic mass is 9.98. The highest BCUT2D eigenvalue weighted by Crippen LogP contribution is 2.34. The third-order valence-corrected chi connectivity index (χ3v) is 3.47. The lowest BCUT2D eigenvalue weighted by molar-refractivity contribution is 0.171. The van der Waals surface area contributed by atoms with Crippen molar-refractivity contribution >= 4 is 0 Å². The molecule has 1 heterocycles. The molecule has 0 amide bonds. The van der Waals surface area contributed by atoms with Crippen LogP contribution in [-0.4, -0.2) is 20.3 Å². The second-order valence-electron chi connectivity index (χ2n) is 4.80. The van der Waals surface area contributed by atoms with Gasteiger partial charge in [-0.3, -0.25) is 0 Å². The minimum atomic E-state index is -0.856. The van der Waals surface area contributed by atoms with Crippen molar-refractivity contribution in [1.82, 2.24) is 5.32 Å². The third kappa shape index (κ3) is 2.69. The molecule has 1 atom stereocenters. The summed E-state index contributed by atoms with van der Waals surface area (Å²) < 4.78 is 37.5. The molecule has 1 aliphatic rings. The molecule has 0 bridgehead atoms. The quantitative estimate of drug-likeness (QED) is 0.943. The lowest BCUT2D eigenvalue weighted by Crippen LogP contribution is -2.19. The number of rotatable bonds is 3. The molecule has 0 fully saturated rings. The van der Waals surface area contributed by atoms with Gasteiger partial charge >= 0.3 is 0 Å². The van der Waals surface area contributed by atoms with Crippen LogP contribution in [0.5, 0.6) is 11.5 Å². The predicted octanol–water partition coefficient (Wildman–Crippen LogP) is 3.04. The molecule has 0 saturated carbocycles. The first kappa shape index (κ1) is 13.8. The highest BCUT2D eigenvalue weighted by atomic mass is 19.2. The Hall–Kier alpha value is -2.14. The van der Waals surface area contributed by atoms with E-state index < -0.39 is 11.6 Å². The molecule has 1 N–H and O–H groups in total. The number of fused-ring (bicyclic) bond motifs is 1. The summed E-state index contributed by atoms with van der Waals surface area (Å²) in [5, 5.41) is 3.10. The van der Waals surface area contributed by atoms with Gasteiger partial charge in [0, 0.05) is 0 Å². The Morgan fingerprint density at radius 2 is 1.57 bits per heavy atom. The molecule has 5 heteroatoms. The van der Waals surface area contributed by atoms with E-state index in [0.717, 1.165) is 11.6 Å². The maximum atomic E-state index is 13.4. The van der Waals surface area contributed by atoms with Gasteiger partial charge in [-0.15, -0.1) is 0 Å². The monoisotopic (exact) mass is 291 g/mol. The van der Waals surface area contributed by atoms with E-state index in [4.69, 9.17) is 9.47 Å². The Balaban J connectivity index is 1.97. The highest BCUT2D eigenvalue weighted by molar-refractivity contribution is 5.46. The Morgan fingerprint density at radius 1 is 0.905 bits per heavy atom. The van der Waals surface area contributed by atoms with E-state index in [-0.39, 0.29) is 6.04 Å². The van der Waals surface area contributed by atoms with E-state index in [1.807, 2.05) is 18.2 Å². The van der Waals surface area contributed by atoms with E-state index in [0.29, 0.717) is 30.3 Å². The van der Waals surface area contributed by atoms with Gasteiger partial charge in [0.1, 0.15) is 13.2 Å². The molecular formula is C16H15F2NO2. The zero-order valence-corrected chi connectivity index (χ0v) is 11.5. The molecule has 0 aromatic heterocycles. The molecule has 3 nitrogen and oxygen atoms in total. The number of hydrogen-bond donors (Lipinski definition) is 1. The van der Waals surface area contributed by atoms with E-state index in [1.165, 1.54) is 6.07 Å². The fourth-order valence-electron chi connectivity index (χ4n) is 2.46. The van der Waals surface area contributed by atoms with Gasteiger partial charge < -0.3 is 14.8 Å². The molecule has 0 aliphatic carbocycles. The average molecular weight is 291 g/mol. The minimum absolute atomic E-state index is 0.254. The molecule has 2 aromatic rings. The first-order chi connectivity index (χ1) is 10.2. The molecule has 2 aromatic carbocycles. The Labute approximate surface area is 121 Å². The van der Waals surface area contributed by atoms with Crippen LogP contribution in [0.25, 0.3) is 0 Å². The van der Waals surface area contributed by atoms with Crippen LogP contribution in [0.15, 0.2) is 36.4 Å². The van der Waals surface area contributed by atoms with E-state index in [1.54, 1.807) is 13.1 Å². The van der Waals surface area contributed by atoms with Crippen LogP contribution in [-0.2, 0) is 0 Å². The summed E-state index contributed by atoms with van der Waals surface area (Å²) in [6, 6.07) is 9.22. The topological polar surface area (TPSA) is 30.5 Å². The minimum Gasteiger partial charge on any atom is -0.486 e. The van der Waals surface area contributed by atoms with Crippen LogP contribution in [0.2, 0.25) is 0 Å². The van der Waals surface area contributed by atoms with Gasteiger partial charge in [-0.25, -0.2) is 8.78 Å². The Bertz CT molecular complexity index is 661. The molecule has 1 aliphatic heterocycles. The number of benzene rings is 2. The summed E-state index contributed by atoms with van der Waals surface area (Å²) in [6.07, 6.45) is 0. The summed E-state index contributed by atoms with van der Waals surface area (Å²) >= 11 is 0. The summed E-state index contributed by atoms with van der Waals surface area (Å²) in [6.45, 7) is 1.04. The zero-order chi connectivity index (χ0) is 14.8. The van der Waals surface area contributed by atoms with Crippen molar-refractivity contribution in [3.63, 3.8) is 0 Å². The molecule has 1 unspecified atom stereocenters. The number of ether oxygens (including phenoxy) is 2. The highest BCUT2D eigenvalue weighted by Gasteiger charge is 2.18. The van der Waals surface area contributed by atoms with Crippen molar-refractivity contribution in [3.05, 3.63) is 59.2 Å². The Kier molecular flexibility index (Phi) is 3.75. The summed E-state index contributed by atoms with van der Waals surface area (Å²) in [7, 11) is 1.77. The maximum absolute atomic E-state index is 13.4. The molecule has 21 heavy (non-hydrogen) atoms. The zero-order valence-electron chi connectivity index (χ0n) is 11.5. The predicted molar refractivity (Wildman–Crippen MR) is 74.7 cm³/mol. The second kappa shape index (κ2) is 5.69. The summed E-state index contributed by atoms with van der Waals surface area (Å²) in [5.41, 5.74) is 1.54. The van der Waals surface area contributed by atoms with Gasteiger partial charge in [-0.2, -0.15) is 0 Å². The van der Waals surface area contributed by atoms with E-state index in [9.17, 15) is 8.78 Å². The van der Waals surface area contributed by atoms with Crippen LogP contribution < -0.4 is 14.8 Å². The van der Waals surface area contributed by atoms with Crippen LogP contribution in [0.4, 0.5) is 8.78 Å². The fourth-order valence-corrected chi connectivity index (χ4v) is 2.46. The van der Waals surface area contributed by atoms with Crippen molar-refractivity contribution < 1.29 is 18.3 Å². The van der Waals surface area contributed by atoms with Crippen LogP contribution in [0.3, 0.4) is 0 Å². The van der Waals surface area contributed by atoms with Gasteiger partial charge in [0.15, 0.2) is 23.1 Å². The lowest BCUT2D eigenvalue weighted by Gasteiger charge is -2.22.